The topological polar surface area (TPSA) is 59.6 Å². The lowest BCUT2D eigenvalue weighted by Crippen LogP contribution is -2.34. The number of hydrogen-bond donors (Lipinski definition) is 2. The normalized spacial score (nSPS) is 18.1. The fraction of sp³-hybridized carbons (Fsp3) is 0.562. The van der Waals surface area contributed by atoms with E-state index >= 15 is 0 Å². The minimum atomic E-state index is 0.0913. The van der Waals surface area contributed by atoms with Gasteiger partial charge in [-0.05, 0) is 50.0 Å². The van der Waals surface area contributed by atoms with Crippen LogP contribution in [0.25, 0.3) is 0 Å². The molecule has 1 aromatic carbocycles. The largest absolute Gasteiger partial charge is 0.497 e. The molecule has 0 aromatic heterocycles. The lowest BCUT2D eigenvalue weighted by molar-refractivity contribution is -0.122. The summed E-state index contributed by atoms with van der Waals surface area (Å²) in [5.74, 6) is 2.06. The fourth-order valence-electron chi connectivity index (χ4n) is 2.65. The van der Waals surface area contributed by atoms with E-state index in [0.29, 0.717) is 18.9 Å². The first-order valence-electron chi connectivity index (χ1n) is 7.41. The van der Waals surface area contributed by atoms with E-state index in [1.807, 2.05) is 18.2 Å². The van der Waals surface area contributed by atoms with Gasteiger partial charge in [0, 0.05) is 18.5 Å². The van der Waals surface area contributed by atoms with Crippen molar-refractivity contribution >= 4 is 5.91 Å². The van der Waals surface area contributed by atoms with Crippen LogP contribution in [0.1, 0.15) is 24.8 Å². The first kappa shape index (κ1) is 15.6. The van der Waals surface area contributed by atoms with E-state index in [1.165, 1.54) is 0 Å². The highest BCUT2D eigenvalue weighted by Gasteiger charge is 2.16. The van der Waals surface area contributed by atoms with Crippen LogP contribution < -0.4 is 20.1 Å². The fourth-order valence-corrected chi connectivity index (χ4v) is 2.65. The van der Waals surface area contributed by atoms with Gasteiger partial charge in [0.15, 0.2) is 0 Å². The molecular weight excluding hydrogens is 268 g/mol. The number of rotatable bonds is 6. The average molecular weight is 292 g/mol. The Hall–Kier alpha value is -1.75. The summed E-state index contributed by atoms with van der Waals surface area (Å²) in [4.78, 5) is 12.0. The molecule has 1 aliphatic rings. The lowest BCUT2D eigenvalue weighted by Gasteiger charge is -2.22. The predicted molar refractivity (Wildman–Crippen MR) is 81.6 cm³/mol. The van der Waals surface area contributed by atoms with Crippen LogP contribution in [0.15, 0.2) is 18.2 Å². The molecule has 1 amide bonds. The molecule has 0 bridgehead atoms. The molecular formula is C16H24N2O3. The van der Waals surface area contributed by atoms with E-state index in [9.17, 15) is 4.79 Å². The third-order valence-corrected chi connectivity index (χ3v) is 3.84. The molecule has 0 saturated carbocycles. The zero-order valence-electron chi connectivity index (χ0n) is 12.8. The Labute approximate surface area is 126 Å². The molecule has 0 aliphatic carbocycles. The van der Waals surface area contributed by atoms with Crippen molar-refractivity contribution in [3.63, 3.8) is 0 Å². The van der Waals surface area contributed by atoms with Crippen LogP contribution in [0.4, 0.5) is 0 Å². The molecule has 5 heteroatoms. The van der Waals surface area contributed by atoms with Gasteiger partial charge in [-0.25, -0.2) is 0 Å². The molecule has 5 nitrogen and oxygen atoms in total. The molecule has 1 heterocycles. The second-order valence-corrected chi connectivity index (χ2v) is 5.37. The zero-order chi connectivity index (χ0) is 15.1. The summed E-state index contributed by atoms with van der Waals surface area (Å²) < 4.78 is 10.5. The maximum atomic E-state index is 12.0. The van der Waals surface area contributed by atoms with Crippen LogP contribution in [0.2, 0.25) is 0 Å². The van der Waals surface area contributed by atoms with Crippen molar-refractivity contribution in [2.75, 3.05) is 27.3 Å². The second-order valence-electron chi connectivity index (χ2n) is 5.37. The van der Waals surface area contributed by atoms with E-state index in [1.54, 1.807) is 14.2 Å². The second kappa shape index (κ2) is 7.88. The summed E-state index contributed by atoms with van der Waals surface area (Å²) in [7, 11) is 3.25. The average Bonchev–Trinajstić information content (AvgIpc) is 2.53. The molecule has 0 radical (unpaired) electrons. The van der Waals surface area contributed by atoms with Gasteiger partial charge < -0.3 is 20.1 Å². The van der Waals surface area contributed by atoms with Gasteiger partial charge in [0.1, 0.15) is 11.5 Å². The highest BCUT2D eigenvalue weighted by molar-refractivity contribution is 5.76. The standard InChI is InChI=1S/C16H24N2O3/c1-20-14-5-6-15(21-2)13(9-14)11-18-16(19)8-12-4-3-7-17-10-12/h5-6,9,12,17H,3-4,7-8,10-11H2,1-2H3,(H,18,19). The number of ether oxygens (including phenoxy) is 2. The van der Waals surface area contributed by atoms with Crippen molar-refractivity contribution < 1.29 is 14.3 Å². The van der Waals surface area contributed by atoms with Gasteiger partial charge >= 0.3 is 0 Å². The molecule has 1 fully saturated rings. The van der Waals surface area contributed by atoms with E-state index in [0.717, 1.165) is 43.0 Å². The molecule has 1 saturated heterocycles. The number of piperidine rings is 1. The number of hydrogen-bond acceptors (Lipinski definition) is 4. The van der Waals surface area contributed by atoms with Crippen molar-refractivity contribution in [2.45, 2.75) is 25.8 Å². The molecule has 0 spiro atoms. The summed E-state index contributed by atoms with van der Waals surface area (Å²) >= 11 is 0. The Morgan fingerprint density at radius 2 is 2.24 bits per heavy atom. The van der Waals surface area contributed by atoms with Gasteiger partial charge in [-0.15, -0.1) is 0 Å². The maximum Gasteiger partial charge on any atom is 0.220 e. The Morgan fingerprint density at radius 1 is 1.38 bits per heavy atom. The third-order valence-electron chi connectivity index (χ3n) is 3.84. The Balaban J connectivity index is 1.87. The number of benzene rings is 1. The predicted octanol–water partition coefficient (Wildman–Crippen LogP) is 1.71. The van der Waals surface area contributed by atoms with Crippen LogP contribution >= 0.6 is 0 Å². The zero-order valence-corrected chi connectivity index (χ0v) is 12.8. The quantitative estimate of drug-likeness (QED) is 0.838. The van der Waals surface area contributed by atoms with Crippen molar-refractivity contribution in [1.29, 1.82) is 0 Å². The lowest BCUT2D eigenvalue weighted by atomic mass is 9.96. The SMILES string of the molecule is COc1ccc(OC)c(CNC(=O)CC2CCCNC2)c1. The van der Waals surface area contributed by atoms with E-state index in [-0.39, 0.29) is 5.91 Å². The van der Waals surface area contributed by atoms with Gasteiger partial charge in [0.25, 0.3) is 0 Å². The molecule has 1 aliphatic heterocycles. The number of carbonyl (C=O) groups excluding carboxylic acids is 1. The van der Waals surface area contributed by atoms with Gasteiger partial charge in [-0.3, -0.25) is 4.79 Å². The molecule has 2 N–H and O–H groups in total. The van der Waals surface area contributed by atoms with Crippen molar-refractivity contribution in [2.24, 2.45) is 5.92 Å². The van der Waals surface area contributed by atoms with Crippen molar-refractivity contribution in [3.8, 4) is 11.5 Å². The van der Waals surface area contributed by atoms with Crippen LogP contribution in [-0.2, 0) is 11.3 Å². The summed E-state index contributed by atoms with van der Waals surface area (Å²) in [6.07, 6.45) is 2.86. The number of carbonyl (C=O) groups is 1. The first-order chi connectivity index (χ1) is 10.2. The Kier molecular flexibility index (Phi) is 5.87. The van der Waals surface area contributed by atoms with Crippen molar-refractivity contribution in [3.05, 3.63) is 23.8 Å². The summed E-state index contributed by atoms with van der Waals surface area (Å²) in [6, 6.07) is 5.59. The van der Waals surface area contributed by atoms with Gasteiger partial charge in [-0.1, -0.05) is 0 Å². The summed E-state index contributed by atoms with van der Waals surface area (Å²) in [6.45, 7) is 2.47. The van der Waals surface area contributed by atoms with Crippen LogP contribution in [0.3, 0.4) is 0 Å². The highest BCUT2D eigenvalue weighted by Crippen LogP contribution is 2.23. The summed E-state index contributed by atoms with van der Waals surface area (Å²) in [5.41, 5.74) is 0.923. The molecule has 1 aromatic rings. The number of methoxy groups -OCH3 is 2. The monoisotopic (exact) mass is 292 g/mol. The first-order valence-corrected chi connectivity index (χ1v) is 7.41. The van der Waals surface area contributed by atoms with E-state index < -0.39 is 0 Å². The van der Waals surface area contributed by atoms with Crippen LogP contribution in [0.5, 0.6) is 11.5 Å². The Bertz CT molecular complexity index is 471. The molecule has 1 atom stereocenters. The third kappa shape index (κ3) is 4.63. The molecule has 1 unspecified atom stereocenters. The number of amides is 1. The van der Waals surface area contributed by atoms with E-state index in [2.05, 4.69) is 10.6 Å². The van der Waals surface area contributed by atoms with Gasteiger partial charge in [0.05, 0.1) is 14.2 Å². The van der Waals surface area contributed by atoms with E-state index in [4.69, 9.17) is 9.47 Å². The smallest absolute Gasteiger partial charge is 0.220 e. The molecule has 116 valence electrons. The minimum Gasteiger partial charge on any atom is -0.497 e. The van der Waals surface area contributed by atoms with Gasteiger partial charge in [0.2, 0.25) is 5.91 Å². The summed E-state index contributed by atoms with van der Waals surface area (Å²) in [5, 5.41) is 6.30. The van der Waals surface area contributed by atoms with Crippen LogP contribution in [-0.4, -0.2) is 33.2 Å². The Morgan fingerprint density at radius 3 is 2.90 bits per heavy atom. The van der Waals surface area contributed by atoms with Crippen LogP contribution in [0, 0.1) is 5.92 Å². The highest BCUT2D eigenvalue weighted by atomic mass is 16.5. The molecule has 2 rings (SSSR count). The van der Waals surface area contributed by atoms with Crippen molar-refractivity contribution in [1.82, 2.24) is 10.6 Å². The molecule has 21 heavy (non-hydrogen) atoms. The maximum absolute atomic E-state index is 12.0. The minimum absolute atomic E-state index is 0.0913. The van der Waals surface area contributed by atoms with Gasteiger partial charge in [-0.2, -0.15) is 0 Å². The number of nitrogens with one attached hydrogen (secondary N) is 2.